The first kappa shape index (κ1) is 16.8. The van der Waals surface area contributed by atoms with Crippen LogP contribution < -0.4 is 16.2 Å². The number of rotatable bonds is 4. The third-order valence-corrected chi connectivity index (χ3v) is 5.97. The third-order valence-electron chi connectivity index (χ3n) is 4.40. The zero-order valence-electron chi connectivity index (χ0n) is 13.3. The molecule has 2 aliphatic rings. The fourth-order valence-corrected chi connectivity index (χ4v) is 4.80. The van der Waals surface area contributed by atoms with E-state index in [4.69, 9.17) is 5.73 Å². The maximum absolute atomic E-state index is 12.3. The summed E-state index contributed by atoms with van der Waals surface area (Å²) in [6.45, 7) is 3.50. The summed E-state index contributed by atoms with van der Waals surface area (Å²) in [5, 5.41) is 13.6. The van der Waals surface area contributed by atoms with Gasteiger partial charge in [-0.05, 0) is 19.4 Å². The second-order valence-corrected chi connectivity index (χ2v) is 8.22. The number of amides is 2. The maximum Gasteiger partial charge on any atom is 0.249 e. The summed E-state index contributed by atoms with van der Waals surface area (Å²) in [4.78, 5) is 37.2. The van der Waals surface area contributed by atoms with Crippen LogP contribution in [-0.2, 0) is 14.4 Å². The number of aliphatic carboxylic acids is 1. The topological polar surface area (TPSA) is 116 Å². The zero-order valence-corrected chi connectivity index (χ0v) is 14.1. The number of hydrogen-bond acceptors (Lipinski definition) is 6. The van der Waals surface area contributed by atoms with Crippen LogP contribution in [0.15, 0.2) is 30.3 Å². The molecule has 0 aromatic heterocycles. The lowest BCUT2D eigenvalue weighted by molar-refractivity contribution is -0.312. The first-order valence-electron chi connectivity index (χ1n) is 7.56. The van der Waals surface area contributed by atoms with Gasteiger partial charge in [-0.3, -0.25) is 9.59 Å². The molecule has 1 aromatic carbocycles. The standard InChI is InChI=1S/C16H19N3O4S/c1-16(2)11(15(22)23)19-13(21)10(14(19)24-16)18-12(20)9(17)8-6-4-3-5-7-8/h3-7,9-11,14H,17H2,1-2H3,(H,18,20)(H,22,23)/p-1/t9-,10+,11-,14+/m0/s1. The minimum atomic E-state index is -1.28. The van der Waals surface area contributed by atoms with Gasteiger partial charge in [-0.2, -0.15) is 0 Å². The molecule has 0 unspecified atom stereocenters. The molecule has 2 fully saturated rings. The highest BCUT2D eigenvalue weighted by Crippen LogP contribution is 2.50. The summed E-state index contributed by atoms with van der Waals surface area (Å²) in [5.74, 6) is -2.16. The van der Waals surface area contributed by atoms with E-state index in [1.54, 1.807) is 38.1 Å². The molecule has 3 rings (SSSR count). The fourth-order valence-electron chi connectivity index (χ4n) is 3.18. The van der Waals surface area contributed by atoms with Crippen LogP contribution in [0.4, 0.5) is 0 Å². The highest BCUT2D eigenvalue weighted by molar-refractivity contribution is 8.01. The number of benzene rings is 1. The van der Waals surface area contributed by atoms with Crippen LogP contribution in [0.1, 0.15) is 25.5 Å². The van der Waals surface area contributed by atoms with Gasteiger partial charge in [0.1, 0.15) is 17.5 Å². The number of fused-ring (bicyclic) bond motifs is 1. The van der Waals surface area contributed by atoms with E-state index < -0.39 is 46.0 Å². The van der Waals surface area contributed by atoms with Crippen molar-refractivity contribution in [3.8, 4) is 0 Å². The quantitative estimate of drug-likeness (QED) is 0.673. The van der Waals surface area contributed by atoms with Crippen molar-refractivity contribution in [1.29, 1.82) is 0 Å². The Balaban J connectivity index is 1.71. The minimum absolute atomic E-state index is 0.415. The van der Waals surface area contributed by atoms with Gasteiger partial charge in [0.2, 0.25) is 11.8 Å². The molecule has 2 amide bonds. The van der Waals surface area contributed by atoms with Gasteiger partial charge in [-0.25, -0.2) is 0 Å². The lowest BCUT2D eigenvalue weighted by Crippen LogP contribution is -2.72. The van der Waals surface area contributed by atoms with Crippen LogP contribution in [0, 0.1) is 0 Å². The Labute approximate surface area is 143 Å². The highest BCUT2D eigenvalue weighted by atomic mass is 32.2. The zero-order chi connectivity index (χ0) is 17.6. The average molecular weight is 348 g/mol. The molecule has 0 saturated carbocycles. The van der Waals surface area contributed by atoms with Crippen molar-refractivity contribution in [3.05, 3.63) is 35.9 Å². The minimum Gasteiger partial charge on any atom is -0.548 e. The van der Waals surface area contributed by atoms with E-state index >= 15 is 0 Å². The Kier molecular flexibility index (Phi) is 4.05. The number of β-lactam (4-membered cyclic amide) rings is 1. The summed E-state index contributed by atoms with van der Waals surface area (Å²) < 4.78 is -0.680. The van der Waals surface area contributed by atoms with Gasteiger partial charge >= 0.3 is 0 Å². The number of nitrogens with zero attached hydrogens (tertiary/aromatic N) is 1. The summed E-state index contributed by atoms with van der Waals surface area (Å²) >= 11 is 1.34. The predicted molar refractivity (Wildman–Crippen MR) is 86.4 cm³/mol. The van der Waals surface area contributed by atoms with E-state index in [2.05, 4.69) is 5.32 Å². The molecular weight excluding hydrogens is 330 g/mol. The van der Waals surface area contributed by atoms with Gasteiger partial charge in [0, 0.05) is 4.75 Å². The van der Waals surface area contributed by atoms with E-state index in [1.165, 1.54) is 16.7 Å². The average Bonchev–Trinajstić information content (AvgIpc) is 2.80. The lowest BCUT2D eigenvalue weighted by Gasteiger charge is -2.45. The first-order chi connectivity index (χ1) is 11.2. The molecule has 24 heavy (non-hydrogen) atoms. The number of nitrogens with two attached hydrogens (primary N) is 1. The Morgan fingerprint density at radius 3 is 2.54 bits per heavy atom. The summed E-state index contributed by atoms with van der Waals surface area (Å²) in [5.41, 5.74) is 6.57. The van der Waals surface area contributed by atoms with Crippen LogP contribution in [0.5, 0.6) is 0 Å². The third kappa shape index (κ3) is 2.55. The van der Waals surface area contributed by atoms with Gasteiger partial charge in [-0.15, -0.1) is 11.8 Å². The molecule has 128 valence electrons. The highest BCUT2D eigenvalue weighted by Gasteiger charge is 2.62. The number of thioether (sulfide) groups is 1. The number of hydrogen-bond donors (Lipinski definition) is 2. The van der Waals surface area contributed by atoms with E-state index in [0.717, 1.165) is 0 Å². The van der Waals surface area contributed by atoms with Crippen LogP contribution >= 0.6 is 11.8 Å². The van der Waals surface area contributed by atoms with Gasteiger partial charge in [0.25, 0.3) is 0 Å². The molecule has 0 aliphatic carbocycles. The molecule has 0 spiro atoms. The summed E-state index contributed by atoms with van der Waals surface area (Å²) in [6, 6.07) is 6.19. The SMILES string of the molecule is CC1(C)S[C@@H]2[C@H](NC(=O)[C@@H](N)c3ccccc3)C(=O)N2[C@H]1C(=O)[O-]. The van der Waals surface area contributed by atoms with Crippen molar-refractivity contribution < 1.29 is 19.5 Å². The Morgan fingerprint density at radius 2 is 1.96 bits per heavy atom. The molecule has 2 aliphatic heterocycles. The second-order valence-electron chi connectivity index (χ2n) is 6.45. The van der Waals surface area contributed by atoms with E-state index in [0.29, 0.717) is 5.56 Å². The molecular formula is C16H18N3O4S-. The predicted octanol–water partition coefficient (Wildman–Crippen LogP) is -1.02. The number of carboxylic acids is 1. The fraction of sp³-hybridized carbons (Fsp3) is 0.438. The Morgan fingerprint density at radius 1 is 1.33 bits per heavy atom. The molecule has 0 bridgehead atoms. The van der Waals surface area contributed by atoms with Crippen LogP contribution in [-0.4, -0.2) is 44.9 Å². The normalized spacial score (nSPS) is 28.7. The van der Waals surface area contributed by atoms with Crippen molar-refractivity contribution in [2.45, 2.75) is 42.1 Å². The van der Waals surface area contributed by atoms with Gasteiger partial charge < -0.3 is 25.9 Å². The van der Waals surface area contributed by atoms with Crippen LogP contribution in [0.2, 0.25) is 0 Å². The Bertz CT molecular complexity index is 694. The Hall–Kier alpha value is -2.06. The smallest absolute Gasteiger partial charge is 0.249 e. The number of carboxylic acid groups (broad SMARTS) is 1. The number of carbonyl (C=O) groups excluding carboxylic acids is 3. The molecule has 8 heteroatoms. The first-order valence-corrected chi connectivity index (χ1v) is 8.44. The molecule has 4 atom stereocenters. The van der Waals surface area contributed by atoms with Crippen molar-refractivity contribution in [2.24, 2.45) is 5.73 Å². The molecule has 2 saturated heterocycles. The summed E-state index contributed by atoms with van der Waals surface area (Å²) in [6.07, 6.45) is 0. The van der Waals surface area contributed by atoms with E-state index in [9.17, 15) is 19.5 Å². The van der Waals surface area contributed by atoms with E-state index in [1.807, 2.05) is 6.07 Å². The summed E-state index contributed by atoms with van der Waals surface area (Å²) in [7, 11) is 0. The van der Waals surface area contributed by atoms with Gasteiger partial charge in [-0.1, -0.05) is 30.3 Å². The van der Waals surface area contributed by atoms with Gasteiger partial charge in [0.15, 0.2) is 0 Å². The van der Waals surface area contributed by atoms with Gasteiger partial charge in [0.05, 0.1) is 12.0 Å². The second kappa shape index (κ2) is 5.78. The van der Waals surface area contributed by atoms with E-state index in [-0.39, 0.29) is 0 Å². The van der Waals surface area contributed by atoms with Crippen LogP contribution in [0.3, 0.4) is 0 Å². The number of carbonyl (C=O) groups is 3. The van der Waals surface area contributed by atoms with Crippen LogP contribution in [0.25, 0.3) is 0 Å². The molecule has 3 N–H and O–H groups in total. The maximum atomic E-state index is 12.3. The lowest BCUT2D eigenvalue weighted by atomic mass is 9.95. The molecule has 2 heterocycles. The molecule has 1 aromatic rings. The number of nitrogens with one attached hydrogen (secondary N) is 1. The molecule has 7 nitrogen and oxygen atoms in total. The van der Waals surface area contributed by atoms with Crippen molar-refractivity contribution in [1.82, 2.24) is 10.2 Å². The van der Waals surface area contributed by atoms with Crippen molar-refractivity contribution in [2.75, 3.05) is 0 Å². The largest absolute Gasteiger partial charge is 0.548 e. The molecule has 0 radical (unpaired) electrons. The van der Waals surface area contributed by atoms with Crippen molar-refractivity contribution >= 4 is 29.5 Å². The van der Waals surface area contributed by atoms with Crippen molar-refractivity contribution in [3.63, 3.8) is 0 Å². The monoisotopic (exact) mass is 348 g/mol.